The van der Waals surface area contributed by atoms with Crippen LogP contribution in [0.1, 0.15) is 51.3 Å². The van der Waals surface area contributed by atoms with Crippen LogP contribution >= 0.6 is 0 Å². The number of aromatic nitrogens is 2. The molecule has 1 saturated carbocycles. The van der Waals surface area contributed by atoms with Gasteiger partial charge in [0.05, 0.1) is 11.0 Å². The Hall–Kier alpha value is -1.35. The lowest BCUT2D eigenvalue weighted by Crippen LogP contribution is -2.33. The monoisotopic (exact) mass is 285 g/mol. The van der Waals surface area contributed by atoms with Gasteiger partial charge in [-0.15, -0.1) is 0 Å². The van der Waals surface area contributed by atoms with Crippen LogP contribution < -0.4 is 5.32 Å². The number of rotatable bonds is 6. The van der Waals surface area contributed by atoms with Crippen molar-refractivity contribution in [2.45, 2.75) is 64.5 Å². The predicted molar refractivity (Wildman–Crippen MR) is 88.6 cm³/mol. The first kappa shape index (κ1) is 14.6. The van der Waals surface area contributed by atoms with Gasteiger partial charge in [0.25, 0.3) is 0 Å². The molecule has 1 fully saturated rings. The van der Waals surface area contributed by atoms with Crippen LogP contribution in [-0.4, -0.2) is 22.1 Å². The number of aryl methyl sites for hydroxylation is 1. The van der Waals surface area contributed by atoms with Crippen LogP contribution in [0.4, 0.5) is 0 Å². The summed E-state index contributed by atoms with van der Waals surface area (Å²) >= 11 is 0. The Morgan fingerprint density at radius 1 is 1.19 bits per heavy atom. The van der Waals surface area contributed by atoms with Gasteiger partial charge in [-0.25, -0.2) is 4.98 Å². The Morgan fingerprint density at radius 2 is 2.00 bits per heavy atom. The SMILES string of the molecule is CCCc1nc2ccccc2n1CCNC1CCCCC1. The summed E-state index contributed by atoms with van der Waals surface area (Å²) in [5.41, 5.74) is 2.42. The third kappa shape index (κ3) is 3.46. The number of imidazole rings is 1. The van der Waals surface area contributed by atoms with E-state index in [0.29, 0.717) is 0 Å². The lowest BCUT2D eigenvalue weighted by Gasteiger charge is -2.23. The van der Waals surface area contributed by atoms with Crippen LogP contribution in [0.15, 0.2) is 24.3 Å². The first-order chi connectivity index (χ1) is 10.4. The number of benzene rings is 1. The van der Waals surface area contributed by atoms with Crippen LogP contribution in [0.5, 0.6) is 0 Å². The van der Waals surface area contributed by atoms with Crippen molar-refractivity contribution in [2.24, 2.45) is 0 Å². The van der Waals surface area contributed by atoms with Crippen LogP contribution in [0.3, 0.4) is 0 Å². The summed E-state index contributed by atoms with van der Waals surface area (Å²) in [6.07, 6.45) is 9.14. The van der Waals surface area contributed by atoms with E-state index in [9.17, 15) is 0 Å². The first-order valence-corrected chi connectivity index (χ1v) is 8.56. The van der Waals surface area contributed by atoms with Crippen molar-refractivity contribution in [3.05, 3.63) is 30.1 Å². The maximum Gasteiger partial charge on any atom is 0.109 e. The highest BCUT2D eigenvalue weighted by molar-refractivity contribution is 5.75. The molecular formula is C18H27N3. The Bertz CT molecular complexity index is 567. The standard InChI is InChI=1S/C18H27N3/c1-2-8-18-20-16-11-6-7-12-17(16)21(18)14-13-19-15-9-4-3-5-10-15/h6-7,11-12,15,19H,2-5,8-10,13-14H2,1H3. The average Bonchev–Trinajstić information content (AvgIpc) is 2.87. The molecule has 1 aromatic carbocycles. The van der Waals surface area contributed by atoms with Gasteiger partial charge in [0.15, 0.2) is 0 Å². The maximum atomic E-state index is 4.80. The zero-order valence-electron chi connectivity index (χ0n) is 13.1. The summed E-state index contributed by atoms with van der Waals surface area (Å²) < 4.78 is 2.41. The third-order valence-corrected chi connectivity index (χ3v) is 4.58. The Labute approximate surface area is 127 Å². The Kier molecular flexibility index (Phi) is 4.91. The average molecular weight is 285 g/mol. The lowest BCUT2D eigenvalue weighted by atomic mass is 9.95. The zero-order chi connectivity index (χ0) is 14.5. The highest BCUT2D eigenvalue weighted by atomic mass is 15.1. The number of nitrogens with one attached hydrogen (secondary N) is 1. The summed E-state index contributed by atoms with van der Waals surface area (Å²) in [6, 6.07) is 9.26. The predicted octanol–water partition coefficient (Wildman–Crippen LogP) is 3.91. The van der Waals surface area contributed by atoms with E-state index in [0.717, 1.165) is 37.5 Å². The van der Waals surface area contributed by atoms with Crippen LogP contribution in [0.2, 0.25) is 0 Å². The van der Waals surface area contributed by atoms with Crippen LogP contribution in [0, 0.1) is 0 Å². The number of nitrogens with zero attached hydrogens (tertiary/aromatic N) is 2. The number of para-hydroxylation sites is 2. The molecule has 0 radical (unpaired) electrons. The molecule has 0 amide bonds. The van der Waals surface area contributed by atoms with Crippen molar-refractivity contribution >= 4 is 11.0 Å². The minimum absolute atomic E-state index is 0.739. The van der Waals surface area contributed by atoms with Crippen LogP contribution in [0.25, 0.3) is 11.0 Å². The van der Waals surface area contributed by atoms with Crippen molar-refractivity contribution in [2.75, 3.05) is 6.54 Å². The highest BCUT2D eigenvalue weighted by Gasteiger charge is 2.13. The van der Waals surface area contributed by atoms with Gasteiger partial charge in [-0.3, -0.25) is 0 Å². The van der Waals surface area contributed by atoms with E-state index in [-0.39, 0.29) is 0 Å². The number of fused-ring (bicyclic) bond motifs is 1. The molecule has 0 unspecified atom stereocenters. The second kappa shape index (κ2) is 7.08. The van der Waals surface area contributed by atoms with Gasteiger partial charge in [0, 0.05) is 25.6 Å². The first-order valence-electron chi connectivity index (χ1n) is 8.56. The fourth-order valence-electron chi connectivity index (χ4n) is 3.48. The van der Waals surface area contributed by atoms with Crippen LogP contribution in [-0.2, 0) is 13.0 Å². The van der Waals surface area contributed by atoms with E-state index in [4.69, 9.17) is 4.98 Å². The molecule has 1 aromatic heterocycles. The minimum atomic E-state index is 0.739. The van der Waals surface area contributed by atoms with Gasteiger partial charge in [-0.05, 0) is 31.4 Å². The second-order valence-corrected chi connectivity index (χ2v) is 6.21. The molecule has 1 heterocycles. The van der Waals surface area contributed by atoms with Gasteiger partial charge >= 0.3 is 0 Å². The molecule has 1 aliphatic rings. The smallest absolute Gasteiger partial charge is 0.109 e. The van der Waals surface area contributed by atoms with Gasteiger partial charge < -0.3 is 9.88 Å². The fraction of sp³-hybridized carbons (Fsp3) is 0.611. The highest BCUT2D eigenvalue weighted by Crippen LogP contribution is 2.19. The summed E-state index contributed by atoms with van der Waals surface area (Å²) in [4.78, 5) is 4.80. The fourth-order valence-corrected chi connectivity index (χ4v) is 3.48. The molecule has 0 saturated heterocycles. The van der Waals surface area contributed by atoms with Gasteiger partial charge in [-0.1, -0.05) is 38.3 Å². The Morgan fingerprint density at radius 3 is 2.81 bits per heavy atom. The molecule has 3 heteroatoms. The summed E-state index contributed by atoms with van der Waals surface area (Å²) in [5.74, 6) is 1.24. The molecule has 0 atom stereocenters. The normalized spacial score (nSPS) is 16.6. The molecular weight excluding hydrogens is 258 g/mol. The quantitative estimate of drug-likeness (QED) is 0.872. The molecule has 0 spiro atoms. The maximum absolute atomic E-state index is 4.80. The number of hydrogen-bond donors (Lipinski definition) is 1. The molecule has 21 heavy (non-hydrogen) atoms. The van der Waals surface area contributed by atoms with E-state index in [1.54, 1.807) is 0 Å². The van der Waals surface area contributed by atoms with Gasteiger partial charge in [0.1, 0.15) is 5.82 Å². The van der Waals surface area contributed by atoms with Gasteiger partial charge in [-0.2, -0.15) is 0 Å². The van der Waals surface area contributed by atoms with E-state index in [1.807, 2.05) is 0 Å². The van der Waals surface area contributed by atoms with Crippen molar-refractivity contribution in [3.63, 3.8) is 0 Å². The molecule has 1 aliphatic carbocycles. The van der Waals surface area contributed by atoms with Gasteiger partial charge in [0.2, 0.25) is 0 Å². The summed E-state index contributed by atoms with van der Waals surface area (Å²) in [5, 5.41) is 3.75. The molecule has 1 N–H and O–H groups in total. The third-order valence-electron chi connectivity index (χ3n) is 4.58. The summed E-state index contributed by atoms with van der Waals surface area (Å²) in [7, 11) is 0. The van der Waals surface area contributed by atoms with E-state index < -0.39 is 0 Å². The summed E-state index contributed by atoms with van der Waals surface area (Å²) in [6.45, 7) is 4.32. The lowest BCUT2D eigenvalue weighted by molar-refractivity contribution is 0.368. The van der Waals surface area contributed by atoms with E-state index in [1.165, 1.54) is 43.4 Å². The zero-order valence-corrected chi connectivity index (χ0v) is 13.1. The van der Waals surface area contributed by atoms with E-state index in [2.05, 4.69) is 41.1 Å². The largest absolute Gasteiger partial charge is 0.327 e. The molecule has 0 bridgehead atoms. The second-order valence-electron chi connectivity index (χ2n) is 6.21. The topological polar surface area (TPSA) is 29.9 Å². The van der Waals surface area contributed by atoms with E-state index >= 15 is 0 Å². The molecule has 3 rings (SSSR count). The number of hydrogen-bond acceptors (Lipinski definition) is 2. The molecule has 114 valence electrons. The van der Waals surface area contributed by atoms with Crippen molar-refractivity contribution in [3.8, 4) is 0 Å². The minimum Gasteiger partial charge on any atom is -0.327 e. The molecule has 3 nitrogen and oxygen atoms in total. The van der Waals surface area contributed by atoms with Crippen molar-refractivity contribution in [1.29, 1.82) is 0 Å². The van der Waals surface area contributed by atoms with Crippen molar-refractivity contribution < 1.29 is 0 Å². The Balaban J connectivity index is 1.68. The molecule has 2 aromatic rings. The molecule has 0 aliphatic heterocycles. The van der Waals surface area contributed by atoms with Crippen molar-refractivity contribution in [1.82, 2.24) is 14.9 Å².